The van der Waals surface area contributed by atoms with Gasteiger partial charge in [0.05, 0.1) is 47.1 Å². The van der Waals surface area contributed by atoms with E-state index in [0.717, 1.165) is 65.7 Å². The van der Waals surface area contributed by atoms with Gasteiger partial charge in [0.1, 0.15) is 5.69 Å². The van der Waals surface area contributed by atoms with Crippen molar-refractivity contribution in [1.29, 1.82) is 0 Å². The maximum Gasteiger partial charge on any atom is 0.326 e. The number of fused-ring (bicyclic) bond motifs is 2. The van der Waals surface area contributed by atoms with E-state index in [9.17, 15) is 14.7 Å². The number of nitrogens with one attached hydrogen (secondary N) is 2. The second kappa shape index (κ2) is 14.0. The van der Waals surface area contributed by atoms with Gasteiger partial charge in [-0.25, -0.2) is 9.78 Å². The molecule has 2 saturated heterocycles. The fourth-order valence-corrected chi connectivity index (χ4v) is 7.14. The number of para-hydroxylation sites is 4. The maximum absolute atomic E-state index is 13.2. The highest BCUT2D eigenvalue weighted by Gasteiger charge is 2.34. The number of aromatic nitrogens is 4. The molecule has 6 aromatic rings. The van der Waals surface area contributed by atoms with E-state index in [1.54, 1.807) is 0 Å². The molecule has 4 aromatic carbocycles. The molecule has 2 aliphatic rings. The van der Waals surface area contributed by atoms with Crippen LogP contribution in [-0.4, -0.2) is 61.2 Å². The number of imidazole rings is 1. The molecule has 1 amide bonds. The Bertz CT molecular complexity index is 2190. The third-order valence-electron chi connectivity index (χ3n) is 9.72. The lowest BCUT2D eigenvalue weighted by atomic mass is 9.98. The number of likely N-dealkylation sites (tertiary alicyclic amines) is 1. The first-order valence-corrected chi connectivity index (χ1v) is 17.1. The number of nitrogens with zero attached hydrogens (tertiary/aromatic N) is 4. The third kappa shape index (κ3) is 6.68. The van der Waals surface area contributed by atoms with Crippen molar-refractivity contribution >= 4 is 33.7 Å². The van der Waals surface area contributed by atoms with Gasteiger partial charge in [0.15, 0.2) is 6.29 Å². The quantitative estimate of drug-likeness (QED) is 0.182. The van der Waals surface area contributed by atoms with Crippen LogP contribution >= 0.6 is 0 Å². The molecule has 0 radical (unpaired) electrons. The van der Waals surface area contributed by atoms with Crippen molar-refractivity contribution in [2.75, 3.05) is 25.0 Å². The van der Waals surface area contributed by atoms with Crippen LogP contribution in [0.5, 0.6) is 0 Å². The van der Waals surface area contributed by atoms with E-state index in [1.807, 2.05) is 102 Å². The fourth-order valence-electron chi connectivity index (χ4n) is 7.14. The number of H-pyrrole nitrogens is 1. The molecule has 2 aliphatic heterocycles. The summed E-state index contributed by atoms with van der Waals surface area (Å²) in [5.41, 5.74) is 6.59. The molecule has 3 N–H and O–H groups in total. The predicted molar refractivity (Wildman–Crippen MR) is 190 cm³/mol. The molecular weight excluding hydrogens is 632 g/mol. The summed E-state index contributed by atoms with van der Waals surface area (Å²) in [7, 11) is 0. The molecule has 4 heterocycles. The van der Waals surface area contributed by atoms with Gasteiger partial charge in [-0.15, -0.1) is 0 Å². The average molecular weight is 671 g/mol. The Morgan fingerprint density at radius 1 is 0.900 bits per heavy atom. The van der Waals surface area contributed by atoms with Crippen molar-refractivity contribution in [3.63, 3.8) is 0 Å². The predicted octanol–water partition coefficient (Wildman–Crippen LogP) is 5.90. The number of piperidine rings is 1. The number of aromatic amines is 1. The topological polar surface area (TPSA) is 135 Å². The van der Waals surface area contributed by atoms with Crippen molar-refractivity contribution < 1.29 is 19.4 Å². The second-order valence-corrected chi connectivity index (χ2v) is 13.0. The van der Waals surface area contributed by atoms with Crippen molar-refractivity contribution in [3.8, 4) is 0 Å². The number of aliphatic hydroxyl groups is 1. The van der Waals surface area contributed by atoms with Crippen LogP contribution in [0.25, 0.3) is 22.1 Å². The number of amides is 1. The van der Waals surface area contributed by atoms with E-state index in [0.29, 0.717) is 17.6 Å². The van der Waals surface area contributed by atoms with Crippen molar-refractivity contribution in [3.05, 3.63) is 136 Å². The molecule has 254 valence electrons. The van der Waals surface area contributed by atoms with Gasteiger partial charge in [0, 0.05) is 43.3 Å². The van der Waals surface area contributed by atoms with Gasteiger partial charge in [0.2, 0.25) is 0 Å². The van der Waals surface area contributed by atoms with Crippen molar-refractivity contribution in [2.45, 2.75) is 50.4 Å². The number of hydrogen-bond donors (Lipinski definition) is 3. The molecule has 0 spiro atoms. The van der Waals surface area contributed by atoms with Crippen LogP contribution in [0.3, 0.4) is 0 Å². The minimum Gasteiger partial charge on any atom is -0.392 e. The number of carbonyl (C=O) groups excluding carboxylic acids is 1. The number of anilines is 1. The van der Waals surface area contributed by atoms with Gasteiger partial charge in [0.25, 0.3) is 5.91 Å². The van der Waals surface area contributed by atoms with Crippen LogP contribution in [0, 0.1) is 0 Å². The summed E-state index contributed by atoms with van der Waals surface area (Å²) in [6, 6.07) is 30.8. The molecule has 0 bridgehead atoms. The molecule has 2 aromatic heterocycles. The highest BCUT2D eigenvalue weighted by atomic mass is 16.7. The van der Waals surface area contributed by atoms with Gasteiger partial charge < -0.3 is 29.8 Å². The zero-order valence-corrected chi connectivity index (χ0v) is 27.4. The molecule has 2 fully saturated rings. The number of rotatable bonds is 8. The van der Waals surface area contributed by atoms with Crippen LogP contribution in [0.15, 0.2) is 108 Å². The van der Waals surface area contributed by atoms with Crippen molar-refractivity contribution in [1.82, 2.24) is 24.4 Å². The molecule has 3 atom stereocenters. The zero-order valence-electron chi connectivity index (χ0n) is 27.4. The van der Waals surface area contributed by atoms with Crippen LogP contribution in [0.1, 0.15) is 64.9 Å². The molecular formula is C39H38N6O5. The summed E-state index contributed by atoms with van der Waals surface area (Å²) in [4.78, 5) is 40.3. The monoisotopic (exact) mass is 670 g/mol. The first-order chi connectivity index (χ1) is 24.5. The molecule has 11 nitrogen and oxygen atoms in total. The van der Waals surface area contributed by atoms with E-state index in [2.05, 4.69) is 25.2 Å². The molecule has 50 heavy (non-hydrogen) atoms. The number of carbonyl (C=O) groups is 1. The van der Waals surface area contributed by atoms with E-state index < -0.39 is 6.29 Å². The summed E-state index contributed by atoms with van der Waals surface area (Å²) in [6.45, 7) is 2.38. The molecule has 11 heteroatoms. The van der Waals surface area contributed by atoms with Gasteiger partial charge in [-0.1, -0.05) is 60.7 Å². The van der Waals surface area contributed by atoms with Crippen molar-refractivity contribution in [2.24, 2.45) is 0 Å². The van der Waals surface area contributed by atoms with E-state index in [-0.39, 0.29) is 42.1 Å². The summed E-state index contributed by atoms with van der Waals surface area (Å²) in [5, 5.41) is 12.5. The number of benzene rings is 4. The minimum atomic E-state index is -0.670. The lowest BCUT2D eigenvalue weighted by Crippen LogP contribution is -2.43. The smallest absolute Gasteiger partial charge is 0.326 e. The van der Waals surface area contributed by atoms with Crippen LogP contribution < -0.4 is 11.0 Å². The second-order valence-electron chi connectivity index (χ2n) is 13.0. The van der Waals surface area contributed by atoms with Gasteiger partial charge in [-0.2, -0.15) is 0 Å². The fraction of sp³-hybridized carbons (Fsp3) is 0.282. The molecule has 8 rings (SSSR count). The normalized spacial score (nSPS) is 20.3. The lowest BCUT2D eigenvalue weighted by Gasteiger charge is -2.40. The average Bonchev–Trinajstić information content (AvgIpc) is 3.50. The SMILES string of the molecule is O=C(Nc1cccc([C@@H]2O[C@H](CN3CCC(n4c(=O)[nH]c5ccccc54)CC3)C[C@H](c3ccc(CO)cc3)O2)c1)c1cnc2ccccc2n1. The van der Waals surface area contributed by atoms with Crippen LogP contribution in [-0.2, 0) is 16.1 Å². The molecule has 0 aliphatic carbocycles. The zero-order chi connectivity index (χ0) is 34.0. The lowest BCUT2D eigenvalue weighted by molar-refractivity contribution is -0.253. The minimum absolute atomic E-state index is 0.0237. The Hall–Kier alpha value is -5.20. The van der Waals surface area contributed by atoms with Gasteiger partial charge in [-0.3, -0.25) is 14.3 Å². The number of ether oxygens (including phenoxy) is 2. The third-order valence-corrected chi connectivity index (χ3v) is 9.72. The van der Waals surface area contributed by atoms with Gasteiger partial charge >= 0.3 is 5.69 Å². The summed E-state index contributed by atoms with van der Waals surface area (Å²) in [6.07, 6.45) is 2.83. The summed E-state index contributed by atoms with van der Waals surface area (Å²) in [5.74, 6) is -0.357. The Kier molecular flexibility index (Phi) is 8.95. The molecule has 0 unspecified atom stereocenters. The Labute approximate surface area is 288 Å². The highest BCUT2D eigenvalue weighted by molar-refractivity contribution is 6.03. The first kappa shape index (κ1) is 32.0. The van der Waals surface area contributed by atoms with E-state index in [1.165, 1.54) is 6.20 Å². The highest BCUT2D eigenvalue weighted by Crippen LogP contribution is 2.39. The van der Waals surface area contributed by atoms with Crippen LogP contribution in [0.2, 0.25) is 0 Å². The number of hydrogen-bond acceptors (Lipinski definition) is 8. The van der Waals surface area contributed by atoms with E-state index in [4.69, 9.17) is 9.47 Å². The maximum atomic E-state index is 13.2. The summed E-state index contributed by atoms with van der Waals surface area (Å²) >= 11 is 0. The largest absolute Gasteiger partial charge is 0.392 e. The van der Waals surface area contributed by atoms with Crippen LogP contribution in [0.4, 0.5) is 5.69 Å². The Morgan fingerprint density at radius 3 is 2.50 bits per heavy atom. The van der Waals surface area contributed by atoms with E-state index >= 15 is 0 Å². The Balaban J connectivity index is 0.984. The number of aliphatic hydroxyl groups excluding tert-OH is 1. The van der Waals surface area contributed by atoms with Gasteiger partial charge in [-0.05, 0) is 60.4 Å². The first-order valence-electron chi connectivity index (χ1n) is 17.1. The summed E-state index contributed by atoms with van der Waals surface area (Å²) < 4.78 is 15.1. The standard InChI is InChI=1S/C39H38N6O5/c46-24-25-12-14-26(15-13-25)36-21-30(23-44-18-16-29(17-19-44)45-35-11-4-3-10-33(35)43-39(45)48)49-38(50-36)27-6-5-7-28(20-27)41-37(47)34-22-40-31-8-1-2-9-32(31)42-34/h1-15,20,22,29-30,36,38,46H,16-19,21,23-24H2,(H,41,47)(H,43,48)/t30-,36+,38+/m0/s1. The Morgan fingerprint density at radius 2 is 1.68 bits per heavy atom. The molecule has 0 saturated carbocycles.